The Labute approximate surface area is 190 Å². The molecule has 0 N–H and O–H groups in total. The first kappa shape index (κ1) is 21.2. The molecule has 1 aromatic heterocycles. The molecule has 0 aliphatic heterocycles. The van der Waals surface area contributed by atoms with Crippen LogP contribution in [0.15, 0.2) is 59.1 Å². The molecule has 0 fully saturated rings. The van der Waals surface area contributed by atoms with Crippen molar-refractivity contribution in [3.63, 3.8) is 0 Å². The van der Waals surface area contributed by atoms with E-state index >= 15 is 0 Å². The van der Waals surface area contributed by atoms with Gasteiger partial charge in [-0.2, -0.15) is 4.98 Å². The minimum Gasteiger partial charge on any atom is -0.496 e. The van der Waals surface area contributed by atoms with Crippen molar-refractivity contribution in [2.75, 3.05) is 7.11 Å². The van der Waals surface area contributed by atoms with Gasteiger partial charge in [-0.25, -0.2) is 0 Å². The monoisotopic (exact) mass is 454 g/mol. The summed E-state index contributed by atoms with van der Waals surface area (Å²) in [7, 11) is 1.63. The second-order valence-electron chi connectivity index (χ2n) is 7.13. The number of aromatic nitrogens is 2. The summed E-state index contributed by atoms with van der Waals surface area (Å²) in [6.45, 7) is 4.39. The lowest BCUT2D eigenvalue weighted by Crippen LogP contribution is -2.00. The maximum atomic E-state index is 6.27. The number of nitrogens with zero attached hydrogens (tertiary/aromatic N) is 2. The van der Waals surface area contributed by atoms with Crippen LogP contribution in [0.5, 0.6) is 11.5 Å². The van der Waals surface area contributed by atoms with E-state index in [1.54, 1.807) is 25.3 Å². The lowest BCUT2D eigenvalue weighted by atomic mass is 10.1. The maximum Gasteiger partial charge on any atom is 0.258 e. The van der Waals surface area contributed by atoms with Crippen molar-refractivity contribution in [1.29, 1.82) is 0 Å². The van der Waals surface area contributed by atoms with Gasteiger partial charge in [0.2, 0.25) is 5.82 Å². The van der Waals surface area contributed by atoms with Crippen LogP contribution in [0, 0.1) is 13.8 Å². The van der Waals surface area contributed by atoms with E-state index in [0.717, 1.165) is 33.8 Å². The second kappa shape index (κ2) is 9.00. The number of rotatable bonds is 6. The summed E-state index contributed by atoms with van der Waals surface area (Å²) in [6, 6.07) is 16.9. The molecule has 3 aromatic carbocycles. The van der Waals surface area contributed by atoms with Gasteiger partial charge in [0.1, 0.15) is 18.1 Å². The molecule has 0 aliphatic rings. The molecule has 4 aromatic rings. The third-order valence-corrected chi connectivity index (χ3v) is 5.40. The Morgan fingerprint density at radius 1 is 0.935 bits per heavy atom. The number of hydrogen-bond acceptors (Lipinski definition) is 5. The number of methoxy groups -OCH3 is 1. The van der Waals surface area contributed by atoms with Crippen LogP contribution in [-0.4, -0.2) is 17.3 Å². The van der Waals surface area contributed by atoms with E-state index in [2.05, 4.69) is 16.2 Å². The van der Waals surface area contributed by atoms with E-state index < -0.39 is 0 Å². The van der Waals surface area contributed by atoms with Gasteiger partial charge in [0.05, 0.1) is 12.1 Å². The van der Waals surface area contributed by atoms with E-state index in [1.807, 2.05) is 44.2 Å². The zero-order valence-electron chi connectivity index (χ0n) is 17.3. The number of hydrogen-bond donors (Lipinski definition) is 0. The lowest BCUT2D eigenvalue weighted by molar-refractivity contribution is 0.294. The third kappa shape index (κ3) is 4.68. The molecule has 0 spiro atoms. The highest BCUT2D eigenvalue weighted by Gasteiger charge is 2.16. The number of halogens is 2. The van der Waals surface area contributed by atoms with E-state index in [4.69, 9.17) is 37.2 Å². The normalized spacial score (nSPS) is 10.9. The Balaban J connectivity index is 1.61. The highest BCUT2D eigenvalue weighted by molar-refractivity contribution is 6.36. The molecule has 0 unspecified atom stereocenters. The highest BCUT2D eigenvalue weighted by Crippen LogP contribution is 2.32. The van der Waals surface area contributed by atoms with Gasteiger partial charge in [-0.3, -0.25) is 0 Å². The van der Waals surface area contributed by atoms with Crippen molar-refractivity contribution in [3.05, 3.63) is 81.3 Å². The zero-order chi connectivity index (χ0) is 22.0. The van der Waals surface area contributed by atoms with E-state index in [-0.39, 0.29) is 0 Å². The van der Waals surface area contributed by atoms with Gasteiger partial charge in [0, 0.05) is 21.7 Å². The Hall–Kier alpha value is -3.02. The molecule has 5 nitrogen and oxygen atoms in total. The van der Waals surface area contributed by atoms with Crippen LogP contribution < -0.4 is 9.47 Å². The fourth-order valence-electron chi connectivity index (χ4n) is 3.16. The molecule has 1 heterocycles. The number of aryl methyl sites for hydroxylation is 2. The van der Waals surface area contributed by atoms with Crippen molar-refractivity contribution in [2.45, 2.75) is 20.5 Å². The highest BCUT2D eigenvalue weighted by atomic mass is 35.5. The molecule has 0 atom stereocenters. The number of ether oxygens (including phenoxy) is 2. The molecule has 0 bridgehead atoms. The van der Waals surface area contributed by atoms with Gasteiger partial charge in [-0.1, -0.05) is 40.5 Å². The van der Waals surface area contributed by atoms with Crippen LogP contribution in [0.3, 0.4) is 0 Å². The van der Waals surface area contributed by atoms with Gasteiger partial charge in [0.15, 0.2) is 0 Å². The minimum absolute atomic E-state index is 0.339. The van der Waals surface area contributed by atoms with Crippen LogP contribution in [-0.2, 0) is 6.61 Å². The predicted molar refractivity (Wildman–Crippen MR) is 122 cm³/mol. The Morgan fingerprint density at radius 2 is 1.77 bits per heavy atom. The molecular formula is C24H20Cl2N2O3. The van der Waals surface area contributed by atoms with Crippen LogP contribution in [0.25, 0.3) is 22.8 Å². The molecule has 0 aliphatic carbocycles. The molecular weight excluding hydrogens is 435 g/mol. The summed E-state index contributed by atoms with van der Waals surface area (Å²) in [5.74, 6) is 2.32. The molecule has 0 radical (unpaired) electrons. The summed E-state index contributed by atoms with van der Waals surface area (Å²) in [6.07, 6.45) is 0. The molecule has 31 heavy (non-hydrogen) atoms. The van der Waals surface area contributed by atoms with E-state index in [1.165, 1.54) is 0 Å². The fourth-order valence-corrected chi connectivity index (χ4v) is 3.66. The van der Waals surface area contributed by atoms with Crippen molar-refractivity contribution >= 4 is 23.2 Å². The topological polar surface area (TPSA) is 57.4 Å². The first-order chi connectivity index (χ1) is 14.9. The van der Waals surface area contributed by atoms with Crippen LogP contribution in [0.2, 0.25) is 10.0 Å². The average molecular weight is 455 g/mol. The van der Waals surface area contributed by atoms with Crippen molar-refractivity contribution in [1.82, 2.24) is 10.1 Å². The SMILES string of the molecule is COc1ccc(-c2nc(-c3ccc(Cl)cc3Cl)no2)cc1COc1cc(C)ccc1C. The lowest BCUT2D eigenvalue weighted by Gasteiger charge is -2.13. The van der Waals surface area contributed by atoms with Gasteiger partial charge >= 0.3 is 0 Å². The summed E-state index contributed by atoms with van der Waals surface area (Å²) >= 11 is 12.2. The largest absolute Gasteiger partial charge is 0.496 e. The predicted octanol–water partition coefficient (Wildman–Crippen LogP) is 6.91. The molecule has 0 saturated heterocycles. The van der Waals surface area contributed by atoms with Crippen molar-refractivity contribution < 1.29 is 14.0 Å². The van der Waals surface area contributed by atoms with Crippen LogP contribution in [0.1, 0.15) is 16.7 Å². The fraction of sp³-hybridized carbons (Fsp3) is 0.167. The number of benzene rings is 3. The Bertz CT molecular complexity index is 1240. The van der Waals surface area contributed by atoms with Gasteiger partial charge in [0.25, 0.3) is 5.89 Å². The molecule has 0 saturated carbocycles. The van der Waals surface area contributed by atoms with E-state index in [0.29, 0.717) is 33.9 Å². The Morgan fingerprint density at radius 3 is 2.55 bits per heavy atom. The summed E-state index contributed by atoms with van der Waals surface area (Å²) in [5, 5.41) is 5.06. The average Bonchev–Trinajstić information content (AvgIpc) is 3.24. The van der Waals surface area contributed by atoms with Gasteiger partial charge in [-0.05, 0) is 67.4 Å². The van der Waals surface area contributed by atoms with Crippen LogP contribution in [0.4, 0.5) is 0 Å². The first-order valence-electron chi connectivity index (χ1n) is 9.61. The molecule has 0 amide bonds. The molecule has 158 valence electrons. The van der Waals surface area contributed by atoms with E-state index in [9.17, 15) is 0 Å². The van der Waals surface area contributed by atoms with Gasteiger partial charge < -0.3 is 14.0 Å². The smallest absolute Gasteiger partial charge is 0.258 e. The third-order valence-electron chi connectivity index (χ3n) is 4.85. The minimum atomic E-state index is 0.339. The molecule has 4 rings (SSSR count). The molecule has 7 heteroatoms. The second-order valence-corrected chi connectivity index (χ2v) is 7.98. The maximum absolute atomic E-state index is 6.27. The summed E-state index contributed by atoms with van der Waals surface area (Å²) in [4.78, 5) is 4.49. The van der Waals surface area contributed by atoms with Crippen LogP contribution >= 0.6 is 23.2 Å². The van der Waals surface area contributed by atoms with Gasteiger partial charge in [-0.15, -0.1) is 0 Å². The summed E-state index contributed by atoms with van der Waals surface area (Å²) < 4.78 is 17.0. The first-order valence-corrected chi connectivity index (χ1v) is 10.4. The Kier molecular flexibility index (Phi) is 6.16. The van der Waals surface area contributed by atoms with Crippen molar-refractivity contribution in [2.24, 2.45) is 0 Å². The quantitative estimate of drug-likeness (QED) is 0.316. The zero-order valence-corrected chi connectivity index (χ0v) is 18.8. The standard InChI is InChI=1S/C24H20Cl2N2O3/c1-14-4-5-15(2)22(10-14)30-13-17-11-16(6-9-21(17)29-3)24-27-23(28-31-24)19-8-7-18(25)12-20(19)26/h4-12H,13H2,1-3H3. The summed E-state index contributed by atoms with van der Waals surface area (Å²) in [5.41, 5.74) is 4.48. The van der Waals surface area contributed by atoms with Crippen molar-refractivity contribution in [3.8, 4) is 34.3 Å².